The quantitative estimate of drug-likeness (QED) is 0.600. The Hall–Kier alpha value is -0.730. The average molecular weight is 202 g/mol. The van der Waals surface area contributed by atoms with Gasteiger partial charge >= 0.3 is 0 Å². The Balaban J connectivity index is 3.55. The van der Waals surface area contributed by atoms with E-state index in [4.69, 9.17) is 10.4 Å². The minimum atomic E-state index is -0.157. The van der Waals surface area contributed by atoms with Crippen LogP contribution in [0.15, 0.2) is 0 Å². The van der Waals surface area contributed by atoms with Gasteiger partial charge in [0.25, 0.3) is 0 Å². The molecule has 1 atom stereocenters. The summed E-state index contributed by atoms with van der Waals surface area (Å²) >= 11 is 1.27. The number of nitriles is 1. The number of amides is 1. The zero-order valence-electron chi connectivity index (χ0n) is 7.62. The number of hydrogen-bond donors (Lipinski definition) is 2. The number of carbonyl (C=O) groups excluding carboxylic acids is 1. The van der Waals surface area contributed by atoms with Gasteiger partial charge in [-0.05, 0) is 6.42 Å². The number of nitrogens with one attached hydrogen (secondary N) is 1. The summed E-state index contributed by atoms with van der Waals surface area (Å²) in [6, 6.07) is 1.78. The van der Waals surface area contributed by atoms with E-state index in [9.17, 15) is 4.79 Å². The van der Waals surface area contributed by atoms with Crippen LogP contribution in [-0.4, -0.2) is 35.2 Å². The Kier molecular flexibility index (Phi) is 7.45. The molecule has 0 bridgehead atoms. The zero-order chi connectivity index (χ0) is 10.1. The number of nitrogens with zero attached hydrogens (tertiary/aromatic N) is 1. The van der Waals surface area contributed by atoms with Crippen LogP contribution in [0.1, 0.15) is 13.3 Å². The molecule has 0 saturated heterocycles. The molecule has 0 aromatic heterocycles. The van der Waals surface area contributed by atoms with Crippen molar-refractivity contribution in [3.8, 4) is 6.07 Å². The molecule has 0 rings (SSSR count). The van der Waals surface area contributed by atoms with E-state index < -0.39 is 0 Å². The van der Waals surface area contributed by atoms with Crippen molar-refractivity contribution in [1.29, 1.82) is 5.26 Å². The van der Waals surface area contributed by atoms with E-state index in [1.165, 1.54) is 11.8 Å². The van der Waals surface area contributed by atoms with Crippen molar-refractivity contribution < 1.29 is 9.90 Å². The predicted octanol–water partition coefficient (Wildman–Crippen LogP) is 0.130. The minimum absolute atomic E-state index is 0.0366. The van der Waals surface area contributed by atoms with Crippen molar-refractivity contribution in [3.05, 3.63) is 0 Å². The van der Waals surface area contributed by atoms with Gasteiger partial charge in [-0.1, -0.05) is 6.92 Å². The summed E-state index contributed by atoms with van der Waals surface area (Å²) < 4.78 is 0. The van der Waals surface area contributed by atoms with Crippen molar-refractivity contribution in [3.63, 3.8) is 0 Å². The molecule has 2 N–H and O–H groups in total. The zero-order valence-corrected chi connectivity index (χ0v) is 8.43. The highest BCUT2D eigenvalue weighted by atomic mass is 32.2. The molecular weight excluding hydrogens is 188 g/mol. The number of aliphatic hydroxyl groups is 1. The molecule has 0 saturated carbocycles. The standard InChI is InChI=1S/C8H14N2O2S/c1-2-7(5-11)10-8(12)6-13-4-3-9/h7,11H,2,4-6H2,1H3,(H,10,12)/t7-/m0/s1. The highest BCUT2D eigenvalue weighted by Crippen LogP contribution is 1.98. The summed E-state index contributed by atoms with van der Waals surface area (Å²) in [5, 5.41) is 19.6. The van der Waals surface area contributed by atoms with E-state index in [0.717, 1.165) is 0 Å². The molecule has 1 amide bonds. The normalized spacial score (nSPS) is 11.8. The van der Waals surface area contributed by atoms with Crippen molar-refractivity contribution >= 4 is 17.7 Å². The van der Waals surface area contributed by atoms with Gasteiger partial charge in [0.2, 0.25) is 5.91 Å². The van der Waals surface area contributed by atoms with Crippen molar-refractivity contribution in [2.45, 2.75) is 19.4 Å². The van der Waals surface area contributed by atoms with Gasteiger partial charge in [-0.3, -0.25) is 4.79 Å². The maximum Gasteiger partial charge on any atom is 0.230 e. The first-order chi connectivity index (χ1) is 6.24. The summed E-state index contributed by atoms with van der Waals surface area (Å²) in [4.78, 5) is 11.1. The topological polar surface area (TPSA) is 73.1 Å². The highest BCUT2D eigenvalue weighted by Gasteiger charge is 2.08. The van der Waals surface area contributed by atoms with Crippen molar-refractivity contribution in [2.75, 3.05) is 18.1 Å². The van der Waals surface area contributed by atoms with Gasteiger partial charge in [-0.25, -0.2) is 0 Å². The molecule has 74 valence electrons. The van der Waals surface area contributed by atoms with Crippen LogP contribution in [0.2, 0.25) is 0 Å². The fourth-order valence-electron chi connectivity index (χ4n) is 0.736. The van der Waals surface area contributed by atoms with Gasteiger partial charge < -0.3 is 10.4 Å². The fraction of sp³-hybridized carbons (Fsp3) is 0.750. The van der Waals surface area contributed by atoms with E-state index >= 15 is 0 Å². The molecule has 0 aromatic carbocycles. The Bertz CT molecular complexity index is 187. The highest BCUT2D eigenvalue weighted by molar-refractivity contribution is 8.00. The van der Waals surface area contributed by atoms with Crippen LogP contribution in [0, 0.1) is 11.3 Å². The number of rotatable bonds is 6. The molecule has 13 heavy (non-hydrogen) atoms. The van der Waals surface area contributed by atoms with Crippen LogP contribution in [0.3, 0.4) is 0 Å². The lowest BCUT2D eigenvalue weighted by Gasteiger charge is -2.13. The van der Waals surface area contributed by atoms with Crippen LogP contribution in [0.25, 0.3) is 0 Å². The third kappa shape index (κ3) is 6.43. The van der Waals surface area contributed by atoms with Crippen LogP contribution < -0.4 is 5.32 Å². The van der Waals surface area contributed by atoms with Gasteiger partial charge in [-0.2, -0.15) is 5.26 Å². The summed E-state index contributed by atoms with van der Waals surface area (Å²) in [6.07, 6.45) is 0.713. The van der Waals surface area contributed by atoms with E-state index in [2.05, 4.69) is 5.32 Å². The van der Waals surface area contributed by atoms with Crippen LogP contribution in [-0.2, 0) is 4.79 Å². The van der Waals surface area contributed by atoms with Gasteiger partial charge in [0, 0.05) is 0 Å². The summed E-state index contributed by atoms with van der Waals surface area (Å²) in [6.45, 7) is 1.86. The third-order valence-corrected chi connectivity index (χ3v) is 2.28. The minimum Gasteiger partial charge on any atom is -0.394 e. The second kappa shape index (κ2) is 7.90. The second-order valence-corrected chi connectivity index (χ2v) is 3.49. The summed E-state index contributed by atoms with van der Waals surface area (Å²) in [7, 11) is 0. The molecule has 0 aromatic rings. The van der Waals surface area contributed by atoms with Crippen LogP contribution >= 0.6 is 11.8 Å². The van der Waals surface area contributed by atoms with Crippen LogP contribution in [0.4, 0.5) is 0 Å². The maximum atomic E-state index is 11.1. The largest absolute Gasteiger partial charge is 0.394 e. The average Bonchev–Trinajstić information content (AvgIpc) is 2.14. The Morgan fingerprint density at radius 2 is 2.46 bits per heavy atom. The second-order valence-electron chi connectivity index (χ2n) is 2.51. The molecule has 0 aliphatic heterocycles. The SMILES string of the molecule is CC[C@@H](CO)NC(=O)CSCC#N. The molecule has 0 aliphatic rings. The Morgan fingerprint density at radius 3 is 2.92 bits per heavy atom. The van der Waals surface area contributed by atoms with Gasteiger partial charge in [0.1, 0.15) is 0 Å². The van der Waals surface area contributed by atoms with Crippen molar-refractivity contribution in [2.24, 2.45) is 0 Å². The van der Waals surface area contributed by atoms with Crippen LogP contribution in [0.5, 0.6) is 0 Å². The number of aliphatic hydroxyl groups excluding tert-OH is 1. The lowest BCUT2D eigenvalue weighted by molar-refractivity contribution is -0.119. The van der Waals surface area contributed by atoms with Gasteiger partial charge in [-0.15, -0.1) is 11.8 Å². The molecular formula is C8H14N2O2S. The maximum absolute atomic E-state index is 11.1. The molecule has 0 unspecified atom stereocenters. The van der Waals surface area contributed by atoms with Crippen molar-refractivity contribution in [1.82, 2.24) is 5.32 Å². The number of hydrogen-bond acceptors (Lipinski definition) is 4. The molecule has 0 radical (unpaired) electrons. The molecule has 5 heteroatoms. The summed E-state index contributed by atoms with van der Waals surface area (Å²) in [5.41, 5.74) is 0. The Labute approximate surface area is 82.3 Å². The fourth-order valence-corrected chi connectivity index (χ4v) is 1.20. The molecule has 0 spiro atoms. The predicted molar refractivity (Wildman–Crippen MR) is 52.2 cm³/mol. The van der Waals surface area contributed by atoms with E-state index in [-0.39, 0.29) is 24.3 Å². The number of thioether (sulfide) groups is 1. The lowest BCUT2D eigenvalue weighted by atomic mass is 10.2. The monoisotopic (exact) mass is 202 g/mol. The van der Waals surface area contributed by atoms with E-state index in [1.807, 2.05) is 13.0 Å². The van der Waals surface area contributed by atoms with Gasteiger partial charge in [0.15, 0.2) is 0 Å². The van der Waals surface area contributed by atoms with E-state index in [0.29, 0.717) is 12.2 Å². The third-order valence-electron chi connectivity index (χ3n) is 1.48. The Morgan fingerprint density at radius 1 is 1.77 bits per heavy atom. The first kappa shape index (κ1) is 12.3. The summed E-state index contributed by atoms with van der Waals surface area (Å²) in [5.74, 6) is 0.481. The molecule has 0 heterocycles. The molecule has 0 aliphatic carbocycles. The van der Waals surface area contributed by atoms with E-state index in [1.54, 1.807) is 0 Å². The number of carbonyl (C=O) groups is 1. The first-order valence-electron chi connectivity index (χ1n) is 4.09. The first-order valence-corrected chi connectivity index (χ1v) is 5.25. The van der Waals surface area contributed by atoms with Gasteiger partial charge in [0.05, 0.1) is 30.2 Å². The molecule has 0 fully saturated rings. The smallest absolute Gasteiger partial charge is 0.230 e. The lowest BCUT2D eigenvalue weighted by Crippen LogP contribution is -2.38. The molecule has 4 nitrogen and oxygen atoms in total.